The van der Waals surface area contributed by atoms with Gasteiger partial charge in [-0.25, -0.2) is 0 Å². The second-order valence-corrected chi connectivity index (χ2v) is 4.59. The fourth-order valence-corrected chi connectivity index (χ4v) is 2.14. The average Bonchev–Trinajstić information content (AvgIpc) is 2.31. The van der Waals surface area contributed by atoms with Gasteiger partial charge in [0.1, 0.15) is 0 Å². The van der Waals surface area contributed by atoms with E-state index in [-0.39, 0.29) is 17.9 Å². The third-order valence-electron chi connectivity index (χ3n) is 3.49. The van der Waals surface area contributed by atoms with Crippen molar-refractivity contribution in [2.24, 2.45) is 17.6 Å². The molecule has 2 unspecified atom stereocenters. The number of amides is 1. The monoisotopic (exact) mass is 228 g/mol. The maximum Gasteiger partial charge on any atom is 0.224 e. The van der Waals surface area contributed by atoms with Gasteiger partial charge in [-0.05, 0) is 32.1 Å². The second-order valence-electron chi connectivity index (χ2n) is 4.59. The number of hydrogen-bond acceptors (Lipinski definition) is 3. The molecule has 4 heteroatoms. The Morgan fingerprint density at radius 3 is 2.62 bits per heavy atom. The molecular formula is C12H24N2O2. The molecule has 94 valence electrons. The van der Waals surface area contributed by atoms with Crippen LogP contribution >= 0.6 is 0 Å². The Labute approximate surface area is 97.9 Å². The molecule has 0 bridgehead atoms. The van der Waals surface area contributed by atoms with Crippen molar-refractivity contribution in [1.29, 1.82) is 0 Å². The van der Waals surface area contributed by atoms with Crippen molar-refractivity contribution in [2.45, 2.75) is 39.2 Å². The van der Waals surface area contributed by atoms with Crippen LogP contribution < -0.4 is 11.1 Å². The lowest BCUT2D eigenvalue weighted by Gasteiger charge is -2.29. The van der Waals surface area contributed by atoms with Gasteiger partial charge >= 0.3 is 0 Å². The predicted molar refractivity (Wildman–Crippen MR) is 64.0 cm³/mol. The lowest BCUT2D eigenvalue weighted by atomic mass is 9.92. The number of hydrogen-bond donors (Lipinski definition) is 2. The van der Waals surface area contributed by atoms with E-state index < -0.39 is 0 Å². The van der Waals surface area contributed by atoms with Crippen molar-refractivity contribution in [3.63, 3.8) is 0 Å². The van der Waals surface area contributed by atoms with Crippen molar-refractivity contribution >= 4 is 5.91 Å². The van der Waals surface area contributed by atoms with Crippen LogP contribution in [-0.2, 0) is 9.53 Å². The zero-order valence-electron chi connectivity index (χ0n) is 10.4. The van der Waals surface area contributed by atoms with Crippen LogP contribution in [0.3, 0.4) is 0 Å². The third-order valence-corrected chi connectivity index (χ3v) is 3.49. The molecule has 1 saturated heterocycles. The van der Waals surface area contributed by atoms with Crippen molar-refractivity contribution < 1.29 is 9.53 Å². The van der Waals surface area contributed by atoms with E-state index in [0.29, 0.717) is 12.5 Å². The summed E-state index contributed by atoms with van der Waals surface area (Å²) in [6.07, 6.45) is 2.89. The Bertz CT molecular complexity index is 211. The normalized spacial score (nSPS) is 21.4. The van der Waals surface area contributed by atoms with Gasteiger partial charge in [0.25, 0.3) is 0 Å². The maximum atomic E-state index is 11.8. The van der Waals surface area contributed by atoms with E-state index in [0.717, 1.165) is 32.5 Å². The Morgan fingerprint density at radius 1 is 1.50 bits per heavy atom. The van der Waals surface area contributed by atoms with E-state index >= 15 is 0 Å². The molecule has 0 spiro atoms. The van der Waals surface area contributed by atoms with Gasteiger partial charge in [0.2, 0.25) is 5.91 Å². The standard InChI is InChI=1S/C12H24N2O2/c1-3-10(8-13)12(15)14-9(2)11-4-6-16-7-5-11/h9-11H,3-8,13H2,1-2H3,(H,14,15). The first-order valence-corrected chi connectivity index (χ1v) is 6.27. The first-order valence-electron chi connectivity index (χ1n) is 6.27. The number of ether oxygens (including phenoxy) is 1. The fraction of sp³-hybridized carbons (Fsp3) is 0.917. The van der Waals surface area contributed by atoms with E-state index in [1.807, 2.05) is 6.92 Å². The summed E-state index contributed by atoms with van der Waals surface area (Å²) in [6, 6.07) is 0.233. The highest BCUT2D eigenvalue weighted by molar-refractivity contribution is 5.79. The molecule has 1 fully saturated rings. The zero-order valence-corrected chi connectivity index (χ0v) is 10.4. The van der Waals surface area contributed by atoms with Crippen molar-refractivity contribution in [3.8, 4) is 0 Å². The Hall–Kier alpha value is -0.610. The Morgan fingerprint density at radius 2 is 2.12 bits per heavy atom. The van der Waals surface area contributed by atoms with Gasteiger partial charge in [0.15, 0.2) is 0 Å². The largest absolute Gasteiger partial charge is 0.381 e. The molecule has 3 N–H and O–H groups in total. The summed E-state index contributed by atoms with van der Waals surface area (Å²) in [6.45, 7) is 6.15. The van der Waals surface area contributed by atoms with Crippen LogP contribution in [0.15, 0.2) is 0 Å². The summed E-state index contributed by atoms with van der Waals surface area (Å²) in [7, 11) is 0. The minimum atomic E-state index is -0.0395. The van der Waals surface area contributed by atoms with Gasteiger partial charge in [-0.1, -0.05) is 6.92 Å². The second kappa shape index (κ2) is 6.86. The van der Waals surface area contributed by atoms with Crippen LogP contribution in [0.5, 0.6) is 0 Å². The van der Waals surface area contributed by atoms with E-state index in [1.54, 1.807) is 0 Å². The lowest BCUT2D eigenvalue weighted by molar-refractivity contribution is -0.126. The van der Waals surface area contributed by atoms with Crippen LogP contribution in [0.4, 0.5) is 0 Å². The molecular weight excluding hydrogens is 204 g/mol. The molecule has 0 aromatic rings. The SMILES string of the molecule is CCC(CN)C(=O)NC(C)C1CCOCC1. The molecule has 0 aromatic carbocycles. The van der Waals surface area contributed by atoms with Crippen molar-refractivity contribution in [3.05, 3.63) is 0 Å². The number of carbonyl (C=O) groups excluding carboxylic acids is 1. The highest BCUT2D eigenvalue weighted by Gasteiger charge is 2.23. The van der Waals surface area contributed by atoms with Gasteiger partial charge < -0.3 is 15.8 Å². The van der Waals surface area contributed by atoms with E-state index in [4.69, 9.17) is 10.5 Å². The van der Waals surface area contributed by atoms with E-state index in [9.17, 15) is 4.79 Å². The van der Waals surface area contributed by atoms with Crippen LogP contribution in [0, 0.1) is 11.8 Å². The highest BCUT2D eigenvalue weighted by atomic mass is 16.5. The molecule has 2 atom stereocenters. The molecule has 1 aliphatic rings. The summed E-state index contributed by atoms with van der Waals surface area (Å²) in [4.78, 5) is 11.8. The fourth-order valence-electron chi connectivity index (χ4n) is 2.14. The van der Waals surface area contributed by atoms with Gasteiger partial charge in [-0.2, -0.15) is 0 Å². The molecule has 16 heavy (non-hydrogen) atoms. The van der Waals surface area contributed by atoms with Crippen LogP contribution in [0.1, 0.15) is 33.1 Å². The molecule has 4 nitrogen and oxygen atoms in total. The average molecular weight is 228 g/mol. The van der Waals surface area contributed by atoms with Crippen LogP contribution in [0.2, 0.25) is 0 Å². The molecule has 1 rings (SSSR count). The smallest absolute Gasteiger partial charge is 0.224 e. The topological polar surface area (TPSA) is 64.4 Å². The number of carbonyl (C=O) groups is 1. The molecule has 0 aromatic heterocycles. The Balaban J connectivity index is 2.36. The molecule has 0 aliphatic carbocycles. The van der Waals surface area contributed by atoms with Gasteiger partial charge in [0.05, 0.1) is 0 Å². The number of rotatable bonds is 5. The van der Waals surface area contributed by atoms with Crippen LogP contribution in [0.25, 0.3) is 0 Å². The molecule has 0 radical (unpaired) electrons. The number of nitrogens with two attached hydrogens (primary N) is 1. The highest BCUT2D eigenvalue weighted by Crippen LogP contribution is 2.18. The first kappa shape index (κ1) is 13.5. The zero-order chi connectivity index (χ0) is 12.0. The van der Waals surface area contributed by atoms with Crippen molar-refractivity contribution in [1.82, 2.24) is 5.32 Å². The molecule has 0 saturated carbocycles. The quantitative estimate of drug-likeness (QED) is 0.735. The first-order chi connectivity index (χ1) is 7.69. The van der Waals surface area contributed by atoms with E-state index in [1.165, 1.54) is 0 Å². The van der Waals surface area contributed by atoms with Crippen molar-refractivity contribution in [2.75, 3.05) is 19.8 Å². The van der Waals surface area contributed by atoms with E-state index in [2.05, 4.69) is 12.2 Å². The van der Waals surface area contributed by atoms with Crippen LogP contribution in [-0.4, -0.2) is 31.7 Å². The molecule has 1 amide bonds. The minimum absolute atomic E-state index is 0.0395. The number of nitrogens with one attached hydrogen (secondary N) is 1. The molecule has 1 aliphatic heterocycles. The van der Waals surface area contributed by atoms with Gasteiger partial charge in [0, 0.05) is 31.7 Å². The summed E-state index contributed by atoms with van der Waals surface area (Å²) in [5.74, 6) is 0.610. The van der Waals surface area contributed by atoms with Gasteiger partial charge in [-0.15, -0.1) is 0 Å². The summed E-state index contributed by atoms with van der Waals surface area (Å²) >= 11 is 0. The summed E-state index contributed by atoms with van der Waals surface area (Å²) in [5, 5.41) is 3.08. The summed E-state index contributed by atoms with van der Waals surface area (Å²) in [5.41, 5.74) is 5.56. The lowest BCUT2D eigenvalue weighted by Crippen LogP contribution is -2.44. The third kappa shape index (κ3) is 3.76. The summed E-state index contributed by atoms with van der Waals surface area (Å²) < 4.78 is 5.31. The minimum Gasteiger partial charge on any atom is -0.381 e. The maximum absolute atomic E-state index is 11.8. The predicted octanol–water partition coefficient (Wildman–Crippen LogP) is 0.903. The Kier molecular flexibility index (Phi) is 5.77. The van der Waals surface area contributed by atoms with Gasteiger partial charge in [-0.3, -0.25) is 4.79 Å². The molecule has 1 heterocycles.